The summed E-state index contributed by atoms with van der Waals surface area (Å²) in [7, 11) is 0. The molecule has 0 aromatic heterocycles. The average Bonchev–Trinajstić information content (AvgIpc) is 2.95. The van der Waals surface area contributed by atoms with Crippen LogP contribution in [0.3, 0.4) is 0 Å². The Morgan fingerprint density at radius 3 is 1.45 bits per heavy atom. The highest BCUT2D eigenvalue weighted by Gasteiger charge is 2.10. The zero-order chi connectivity index (χ0) is 31.3. The average molecular weight is 606 g/mol. The molecule has 1 atom stereocenters. The van der Waals surface area contributed by atoms with Crippen molar-refractivity contribution in [2.75, 3.05) is 59.3 Å². The molecular weight excluding hydrogens is 550 g/mol. The second kappa shape index (κ2) is 28.4. The predicted molar refractivity (Wildman–Crippen MR) is 158 cm³/mol. The summed E-state index contributed by atoms with van der Waals surface area (Å²) < 4.78 is 16.4. The summed E-state index contributed by atoms with van der Waals surface area (Å²) in [5.74, 6) is -2.34. The molecule has 0 unspecified atom stereocenters. The van der Waals surface area contributed by atoms with Gasteiger partial charge in [-0.15, -0.1) is 0 Å². The van der Waals surface area contributed by atoms with Crippen molar-refractivity contribution in [3.63, 3.8) is 0 Å². The van der Waals surface area contributed by atoms with E-state index in [1.165, 1.54) is 0 Å². The van der Waals surface area contributed by atoms with Crippen LogP contribution in [0.5, 0.6) is 0 Å². The zero-order valence-corrected chi connectivity index (χ0v) is 25.3. The summed E-state index contributed by atoms with van der Waals surface area (Å²) in [5, 5.41) is 25.8. The van der Waals surface area contributed by atoms with E-state index in [-0.39, 0.29) is 44.3 Å². The second-order valence-corrected chi connectivity index (χ2v) is 10.1. The normalized spacial score (nSPS) is 11.5. The van der Waals surface area contributed by atoms with Crippen LogP contribution in [0.2, 0.25) is 0 Å². The SMILES string of the molecule is C[C@@H](CCCCNC(=O)CCC(=O)NCCCOCCOCCOCCCNC(=O)CCCCCCC(=O)O)C(=O)O.[HH]. The Labute approximate surface area is 251 Å². The number of carbonyl (C=O) groups is 5. The number of hydrogen-bond acceptors (Lipinski definition) is 8. The number of hydrogen-bond donors (Lipinski definition) is 5. The van der Waals surface area contributed by atoms with Crippen LogP contribution in [0.4, 0.5) is 0 Å². The highest BCUT2D eigenvalue weighted by atomic mass is 16.5. The Morgan fingerprint density at radius 2 is 0.976 bits per heavy atom. The predicted octanol–water partition coefficient (Wildman–Crippen LogP) is 2.51. The lowest BCUT2D eigenvalue weighted by Gasteiger charge is -2.09. The standard InChI is InChI=1S/C29H53N3O10.H2/c1-24(29(38)39)10-6-7-15-30-26(34)13-14-27(35)32-17-9-19-41-21-23-42-22-20-40-18-8-16-31-25(33)11-4-2-3-5-12-28(36)37;/h24H,2-23H2,1H3,(H,30,34)(H,31,33)(H,32,35)(H,36,37)(H,38,39);1H/t24-;/m0./s1. The van der Waals surface area contributed by atoms with Crippen LogP contribution in [0.1, 0.15) is 91.8 Å². The van der Waals surface area contributed by atoms with Gasteiger partial charge in [0.05, 0.1) is 32.3 Å². The maximum absolute atomic E-state index is 11.8. The van der Waals surface area contributed by atoms with E-state index < -0.39 is 11.9 Å². The molecule has 0 aromatic carbocycles. The minimum Gasteiger partial charge on any atom is -0.481 e. The molecule has 0 spiro atoms. The van der Waals surface area contributed by atoms with Crippen LogP contribution in [0.15, 0.2) is 0 Å². The highest BCUT2D eigenvalue weighted by molar-refractivity contribution is 5.83. The van der Waals surface area contributed by atoms with E-state index in [1.54, 1.807) is 6.92 Å². The first-order valence-electron chi connectivity index (χ1n) is 15.2. The van der Waals surface area contributed by atoms with Crippen LogP contribution in [0, 0.1) is 5.92 Å². The van der Waals surface area contributed by atoms with E-state index in [0.29, 0.717) is 97.8 Å². The van der Waals surface area contributed by atoms with E-state index in [1.807, 2.05) is 0 Å². The number of amides is 3. The molecule has 42 heavy (non-hydrogen) atoms. The molecule has 0 radical (unpaired) electrons. The molecule has 0 bridgehead atoms. The van der Waals surface area contributed by atoms with Gasteiger partial charge < -0.3 is 40.4 Å². The van der Waals surface area contributed by atoms with Crippen LogP contribution < -0.4 is 16.0 Å². The van der Waals surface area contributed by atoms with Gasteiger partial charge in [0.25, 0.3) is 0 Å². The molecule has 0 aliphatic heterocycles. The van der Waals surface area contributed by atoms with E-state index >= 15 is 0 Å². The van der Waals surface area contributed by atoms with Gasteiger partial charge in [-0.3, -0.25) is 24.0 Å². The fourth-order valence-electron chi connectivity index (χ4n) is 3.68. The molecule has 0 aromatic rings. The Hall–Kier alpha value is -2.77. The quantitative estimate of drug-likeness (QED) is 0.0761. The summed E-state index contributed by atoms with van der Waals surface area (Å²) in [4.78, 5) is 56.5. The Balaban J connectivity index is 0. The number of ether oxygens (including phenoxy) is 3. The van der Waals surface area contributed by atoms with E-state index in [0.717, 1.165) is 25.7 Å². The second-order valence-electron chi connectivity index (χ2n) is 10.1. The van der Waals surface area contributed by atoms with Gasteiger partial charge in [0, 0.05) is 60.0 Å². The minimum absolute atomic E-state index is 0. The minimum atomic E-state index is -0.811. The first-order chi connectivity index (χ1) is 20.2. The zero-order valence-electron chi connectivity index (χ0n) is 25.3. The molecule has 13 heteroatoms. The van der Waals surface area contributed by atoms with Gasteiger partial charge in [-0.2, -0.15) is 0 Å². The molecule has 0 saturated carbocycles. The lowest BCUT2D eigenvalue weighted by atomic mass is 10.0. The molecular formula is C29H55N3O10. The topological polar surface area (TPSA) is 190 Å². The fraction of sp³-hybridized carbons (Fsp3) is 0.828. The number of aliphatic carboxylic acids is 2. The van der Waals surface area contributed by atoms with Crippen LogP contribution in [0.25, 0.3) is 0 Å². The number of rotatable bonds is 30. The fourth-order valence-corrected chi connectivity index (χ4v) is 3.68. The summed E-state index contributed by atoms with van der Waals surface area (Å²) in [5.41, 5.74) is 0. The van der Waals surface area contributed by atoms with Crippen LogP contribution >= 0.6 is 0 Å². The Morgan fingerprint density at radius 1 is 0.548 bits per heavy atom. The lowest BCUT2D eigenvalue weighted by Crippen LogP contribution is -2.29. The number of carboxylic acid groups (broad SMARTS) is 2. The molecule has 0 rings (SSSR count). The van der Waals surface area contributed by atoms with E-state index in [4.69, 9.17) is 24.4 Å². The van der Waals surface area contributed by atoms with Gasteiger partial charge in [-0.05, 0) is 38.5 Å². The van der Waals surface area contributed by atoms with Crippen LogP contribution in [-0.2, 0) is 38.2 Å². The summed E-state index contributed by atoms with van der Waals surface area (Å²) >= 11 is 0. The highest BCUT2D eigenvalue weighted by Crippen LogP contribution is 2.07. The molecule has 0 heterocycles. The smallest absolute Gasteiger partial charge is 0.306 e. The number of carbonyl (C=O) groups excluding carboxylic acids is 3. The first kappa shape index (κ1) is 39.2. The molecule has 0 fully saturated rings. The van der Waals surface area contributed by atoms with Gasteiger partial charge >= 0.3 is 11.9 Å². The molecule has 3 amide bonds. The molecule has 246 valence electrons. The van der Waals surface area contributed by atoms with Crippen molar-refractivity contribution < 1.29 is 49.8 Å². The number of unbranched alkanes of at least 4 members (excludes halogenated alkanes) is 4. The van der Waals surface area contributed by atoms with Crippen LogP contribution in [-0.4, -0.2) is 99.1 Å². The maximum atomic E-state index is 11.8. The van der Waals surface area contributed by atoms with Crippen molar-refractivity contribution in [3.8, 4) is 0 Å². The summed E-state index contributed by atoms with van der Waals surface area (Å²) in [6.07, 6.45) is 7.36. The van der Waals surface area contributed by atoms with Crippen molar-refractivity contribution in [2.45, 2.75) is 90.4 Å². The van der Waals surface area contributed by atoms with Gasteiger partial charge in [0.1, 0.15) is 0 Å². The van der Waals surface area contributed by atoms with E-state index in [9.17, 15) is 24.0 Å². The number of nitrogens with one attached hydrogen (secondary N) is 3. The Bertz CT molecular complexity index is 758. The molecule has 13 nitrogen and oxygen atoms in total. The Kier molecular flexibility index (Phi) is 26.5. The molecule has 0 aliphatic carbocycles. The third-order valence-corrected chi connectivity index (χ3v) is 6.25. The maximum Gasteiger partial charge on any atom is 0.306 e. The monoisotopic (exact) mass is 605 g/mol. The number of carboxylic acids is 2. The third kappa shape index (κ3) is 28.7. The van der Waals surface area contributed by atoms with Gasteiger partial charge in [-0.1, -0.05) is 26.2 Å². The summed E-state index contributed by atoms with van der Waals surface area (Å²) in [6, 6.07) is 0. The summed E-state index contributed by atoms with van der Waals surface area (Å²) in [6.45, 7) is 5.96. The van der Waals surface area contributed by atoms with Gasteiger partial charge in [0.15, 0.2) is 0 Å². The van der Waals surface area contributed by atoms with E-state index in [2.05, 4.69) is 16.0 Å². The molecule has 0 saturated heterocycles. The van der Waals surface area contributed by atoms with Crippen molar-refractivity contribution in [2.24, 2.45) is 5.92 Å². The van der Waals surface area contributed by atoms with Crippen molar-refractivity contribution >= 4 is 29.7 Å². The lowest BCUT2D eigenvalue weighted by molar-refractivity contribution is -0.141. The molecule has 0 aliphatic rings. The van der Waals surface area contributed by atoms with Crippen molar-refractivity contribution in [1.29, 1.82) is 0 Å². The van der Waals surface area contributed by atoms with Crippen molar-refractivity contribution in [1.82, 2.24) is 16.0 Å². The van der Waals surface area contributed by atoms with Gasteiger partial charge in [0.2, 0.25) is 17.7 Å². The third-order valence-electron chi connectivity index (χ3n) is 6.25. The van der Waals surface area contributed by atoms with Gasteiger partial charge in [-0.25, -0.2) is 0 Å². The molecule has 5 N–H and O–H groups in total. The first-order valence-corrected chi connectivity index (χ1v) is 15.2. The van der Waals surface area contributed by atoms with Crippen molar-refractivity contribution in [3.05, 3.63) is 0 Å². The largest absolute Gasteiger partial charge is 0.481 e.